The fourth-order valence-corrected chi connectivity index (χ4v) is 3.22. The van der Waals surface area contributed by atoms with Gasteiger partial charge in [0.2, 0.25) is 0 Å². The summed E-state index contributed by atoms with van der Waals surface area (Å²) in [5, 5.41) is 8.60. The normalized spacial score (nSPS) is 10.8. The number of nitrogens with zero attached hydrogens (tertiary/aromatic N) is 2. The van der Waals surface area contributed by atoms with Crippen molar-refractivity contribution in [2.24, 2.45) is 0 Å². The zero-order valence-electron chi connectivity index (χ0n) is 18.0. The Morgan fingerprint density at radius 1 is 1.03 bits per heavy atom. The van der Waals surface area contributed by atoms with E-state index in [-0.39, 0.29) is 18.0 Å². The second-order valence-electron chi connectivity index (χ2n) is 6.72. The summed E-state index contributed by atoms with van der Waals surface area (Å²) in [4.78, 5) is 25.4. The molecule has 0 fully saturated rings. The molecular formula is C23H27N3O5. The molecule has 2 aromatic carbocycles. The molecule has 164 valence electrons. The van der Waals surface area contributed by atoms with Crippen LogP contribution in [-0.4, -0.2) is 42.6 Å². The van der Waals surface area contributed by atoms with Crippen LogP contribution in [0.5, 0.6) is 11.5 Å². The third-order valence-corrected chi connectivity index (χ3v) is 4.67. The standard InChI is InChI=1S/C23H27N3O5/c1-4-30-20-11-10-16(14-21(20)31-5-2)22(27)24-15-19-17-8-6-7-9-18(17)23(28)26(25-19)12-13-29-3/h6-11,14H,4-5,12-13,15H2,1-3H3,(H,24,27). The third-order valence-electron chi connectivity index (χ3n) is 4.67. The van der Waals surface area contributed by atoms with E-state index in [1.54, 1.807) is 31.4 Å². The summed E-state index contributed by atoms with van der Waals surface area (Å²) < 4.78 is 17.6. The van der Waals surface area contributed by atoms with Crippen LogP contribution < -0.4 is 20.3 Å². The lowest BCUT2D eigenvalue weighted by atomic mass is 10.1. The smallest absolute Gasteiger partial charge is 0.274 e. The molecule has 0 saturated carbocycles. The minimum atomic E-state index is -0.274. The van der Waals surface area contributed by atoms with E-state index in [1.165, 1.54) is 4.68 Å². The largest absolute Gasteiger partial charge is 0.490 e. The minimum absolute atomic E-state index is 0.170. The maximum atomic E-state index is 12.8. The van der Waals surface area contributed by atoms with Gasteiger partial charge >= 0.3 is 0 Å². The van der Waals surface area contributed by atoms with Gasteiger partial charge in [-0.3, -0.25) is 9.59 Å². The summed E-state index contributed by atoms with van der Waals surface area (Å²) in [6.07, 6.45) is 0. The number of aromatic nitrogens is 2. The molecule has 8 heteroatoms. The van der Waals surface area contributed by atoms with Crippen molar-refractivity contribution in [2.45, 2.75) is 26.9 Å². The number of fused-ring (bicyclic) bond motifs is 1. The van der Waals surface area contributed by atoms with Crippen molar-refractivity contribution in [3.05, 3.63) is 64.1 Å². The Balaban J connectivity index is 1.85. The monoisotopic (exact) mass is 425 g/mol. The SMILES string of the molecule is CCOc1ccc(C(=O)NCc2nn(CCOC)c(=O)c3ccccc23)cc1OCC. The first-order chi connectivity index (χ1) is 15.1. The molecule has 3 aromatic rings. The van der Waals surface area contributed by atoms with Gasteiger partial charge in [-0.1, -0.05) is 18.2 Å². The van der Waals surface area contributed by atoms with Crippen LogP contribution in [0.3, 0.4) is 0 Å². The molecule has 1 heterocycles. The predicted octanol–water partition coefficient (Wildman–Crippen LogP) is 2.77. The van der Waals surface area contributed by atoms with E-state index in [1.807, 2.05) is 32.0 Å². The molecular weight excluding hydrogens is 398 g/mol. The number of carbonyl (C=O) groups is 1. The van der Waals surface area contributed by atoms with Gasteiger partial charge in [-0.25, -0.2) is 4.68 Å². The van der Waals surface area contributed by atoms with Gasteiger partial charge in [0.1, 0.15) is 0 Å². The summed E-state index contributed by atoms with van der Waals surface area (Å²) >= 11 is 0. The number of nitrogens with one attached hydrogen (secondary N) is 1. The van der Waals surface area contributed by atoms with E-state index >= 15 is 0 Å². The second kappa shape index (κ2) is 10.6. The Kier molecular flexibility index (Phi) is 7.61. The molecule has 31 heavy (non-hydrogen) atoms. The van der Waals surface area contributed by atoms with Crippen molar-refractivity contribution in [2.75, 3.05) is 26.9 Å². The number of rotatable bonds is 10. The summed E-state index contributed by atoms with van der Waals surface area (Å²) in [5.41, 5.74) is 0.870. The Bertz CT molecular complexity index is 1110. The lowest BCUT2D eigenvalue weighted by molar-refractivity contribution is 0.0949. The lowest BCUT2D eigenvalue weighted by Gasteiger charge is -2.13. The van der Waals surface area contributed by atoms with Crippen molar-refractivity contribution in [3.63, 3.8) is 0 Å². The fraction of sp³-hybridized carbons (Fsp3) is 0.348. The summed E-state index contributed by atoms with van der Waals surface area (Å²) in [6, 6.07) is 12.3. The molecule has 1 aromatic heterocycles. The molecule has 0 spiro atoms. The highest BCUT2D eigenvalue weighted by atomic mass is 16.5. The number of amides is 1. The topological polar surface area (TPSA) is 91.7 Å². The van der Waals surface area contributed by atoms with E-state index in [0.29, 0.717) is 59.9 Å². The molecule has 1 amide bonds. The van der Waals surface area contributed by atoms with Gasteiger partial charge in [-0.05, 0) is 38.1 Å². The van der Waals surface area contributed by atoms with Gasteiger partial charge in [0.05, 0.1) is 44.0 Å². The quantitative estimate of drug-likeness (QED) is 0.537. The van der Waals surface area contributed by atoms with E-state index in [4.69, 9.17) is 14.2 Å². The van der Waals surface area contributed by atoms with Crippen molar-refractivity contribution in [1.82, 2.24) is 15.1 Å². The zero-order valence-corrected chi connectivity index (χ0v) is 18.0. The summed E-state index contributed by atoms with van der Waals surface area (Å²) in [6.45, 7) is 5.59. The van der Waals surface area contributed by atoms with E-state index < -0.39 is 0 Å². The van der Waals surface area contributed by atoms with Gasteiger partial charge in [0, 0.05) is 18.1 Å². The Morgan fingerprint density at radius 3 is 2.45 bits per heavy atom. The van der Waals surface area contributed by atoms with E-state index in [9.17, 15) is 9.59 Å². The first-order valence-electron chi connectivity index (χ1n) is 10.2. The van der Waals surface area contributed by atoms with Gasteiger partial charge in [-0.2, -0.15) is 5.10 Å². The van der Waals surface area contributed by atoms with Gasteiger partial charge < -0.3 is 19.5 Å². The van der Waals surface area contributed by atoms with Crippen LogP contribution in [0.25, 0.3) is 10.8 Å². The van der Waals surface area contributed by atoms with Crippen LogP contribution in [0.2, 0.25) is 0 Å². The van der Waals surface area contributed by atoms with E-state index in [0.717, 1.165) is 0 Å². The molecule has 8 nitrogen and oxygen atoms in total. The number of methoxy groups -OCH3 is 1. The lowest BCUT2D eigenvalue weighted by Crippen LogP contribution is -2.29. The zero-order chi connectivity index (χ0) is 22.2. The maximum Gasteiger partial charge on any atom is 0.274 e. The molecule has 0 saturated heterocycles. The first kappa shape index (κ1) is 22.3. The van der Waals surface area contributed by atoms with Crippen LogP contribution in [0.15, 0.2) is 47.3 Å². The highest BCUT2D eigenvalue weighted by molar-refractivity contribution is 5.95. The highest BCUT2D eigenvalue weighted by Gasteiger charge is 2.14. The summed E-state index contributed by atoms with van der Waals surface area (Å²) in [5.74, 6) is 0.844. The molecule has 1 N–H and O–H groups in total. The van der Waals surface area contributed by atoms with Crippen molar-refractivity contribution < 1.29 is 19.0 Å². The van der Waals surface area contributed by atoms with Crippen molar-refractivity contribution in [1.29, 1.82) is 0 Å². The molecule has 0 radical (unpaired) electrons. The van der Waals surface area contributed by atoms with E-state index in [2.05, 4.69) is 10.4 Å². The predicted molar refractivity (Wildman–Crippen MR) is 118 cm³/mol. The molecule has 0 aliphatic heterocycles. The fourth-order valence-electron chi connectivity index (χ4n) is 3.22. The molecule has 3 rings (SSSR count). The third kappa shape index (κ3) is 5.21. The average Bonchev–Trinajstić information content (AvgIpc) is 2.79. The average molecular weight is 425 g/mol. The molecule has 0 aliphatic carbocycles. The van der Waals surface area contributed by atoms with Crippen LogP contribution in [0.1, 0.15) is 29.9 Å². The Hall–Kier alpha value is -3.39. The molecule has 0 aliphatic rings. The van der Waals surface area contributed by atoms with Crippen LogP contribution >= 0.6 is 0 Å². The number of benzene rings is 2. The first-order valence-corrected chi connectivity index (χ1v) is 10.2. The maximum absolute atomic E-state index is 12.8. The highest BCUT2D eigenvalue weighted by Crippen LogP contribution is 2.28. The molecule has 0 unspecified atom stereocenters. The number of hydrogen-bond donors (Lipinski definition) is 1. The van der Waals surface area contributed by atoms with Gasteiger partial charge in [-0.15, -0.1) is 0 Å². The van der Waals surface area contributed by atoms with Crippen molar-refractivity contribution >= 4 is 16.7 Å². The Morgan fingerprint density at radius 2 is 1.74 bits per heavy atom. The Labute approximate surface area is 180 Å². The molecule has 0 bridgehead atoms. The second-order valence-corrected chi connectivity index (χ2v) is 6.72. The number of ether oxygens (including phenoxy) is 3. The van der Waals surface area contributed by atoms with Crippen molar-refractivity contribution in [3.8, 4) is 11.5 Å². The molecule has 0 atom stereocenters. The van der Waals surface area contributed by atoms with Crippen LogP contribution in [0, 0.1) is 0 Å². The van der Waals surface area contributed by atoms with Gasteiger partial charge in [0.15, 0.2) is 11.5 Å². The van der Waals surface area contributed by atoms with Crippen LogP contribution in [-0.2, 0) is 17.8 Å². The van der Waals surface area contributed by atoms with Gasteiger partial charge in [0.25, 0.3) is 11.5 Å². The minimum Gasteiger partial charge on any atom is -0.490 e. The number of hydrogen-bond acceptors (Lipinski definition) is 6. The number of carbonyl (C=O) groups excluding carboxylic acids is 1. The summed E-state index contributed by atoms with van der Waals surface area (Å²) in [7, 11) is 1.57. The van der Waals surface area contributed by atoms with Crippen LogP contribution in [0.4, 0.5) is 0 Å².